The van der Waals surface area contributed by atoms with Gasteiger partial charge in [-0.1, -0.05) is 0 Å². The highest BCUT2D eigenvalue weighted by Crippen LogP contribution is 2.30. The molecule has 0 unspecified atom stereocenters. The van der Waals surface area contributed by atoms with Crippen LogP contribution in [0.4, 0.5) is 17.6 Å². The summed E-state index contributed by atoms with van der Waals surface area (Å²) in [4.78, 5) is 22.6. The van der Waals surface area contributed by atoms with E-state index < -0.39 is 29.4 Å². The first-order chi connectivity index (χ1) is 11.7. The van der Waals surface area contributed by atoms with Gasteiger partial charge in [-0.15, -0.1) is 5.10 Å². The summed E-state index contributed by atoms with van der Waals surface area (Å²) in [6.07, 6.45) is -2.84. The van der Waals surface area contributed by atoms with E-state index in [2.05, 4.69) is 20.3 Å². The molecular formula is C14H9F4N3O3S. The summed E-state index contributed by atoms with van der Waals surface area (Å²) < 4.78 is 55.4. The van der Waals surface area contributed by atoms with Crippen LogP contribution < -0.4 is 5.32 Å². The Morgan fingerprint density at radius 3 is 2.68 bits per heavy atom. The van der Waals surface area contributed by atoms with Gasteiger partial charge in [-0.3, -0.25) is 10.1 Å². The van der Waals surface area contributed by atoms with Crippen LogP contribution in [0.5, 0.6) is 0 Å². The highest BCUT2D eigenvalue weighted by atomic mass is 32.2. The Morgan fingerprint density at radius 1 is 1.32 bits per heavy atom. The summed E-state index contributed by atoms with van der Waals surface area (Å²) in [6, 6.07) is 1.91. The normalized spacial score (nSPS) is 18.2. The van der Waals surface area contributed by atoms with E-state index in [1.807, 2.05) is 0 Å². The van der Waals surface area contributed by atoms with Gasteiger partial charge in [-0.2, -0.15) is 18.3 Å². The third kappa shape index (κ3) is 5.14. The molecule has 1 aromatic carbocycles. The van der Waals surface area contributed by atoms with Gasteiger partial charge in [0.05, 0.1) is 23.8 Å². The number of nitrogens with zero attached hydrogens (tertiary/aromatic N) is 2. The van der Waals surface area contributed by atoms with Gasteiger partial charge in [0.25, 0.3) is 5.91 Å². The van der Waals surface area contributed by atoms with E-state index in [1.54, 1.807) is 0 Å². The quantitative estimate of drug-likeness (QED) is 0.289. The number of methoxy groups -OCH3 is 1. The van der Waals surface area contributed by atoms with E-state index in [9.17, 15) is 27.2 Å². The first-order valence-electron chi connectivity index (χ1n) is 6.46. The van der Waals surface area contributed by atoms with Crippen molar-refractivity contribution in [2.75, 3.05) is 7.11 Å². The monoisotopic (exact) mass is 375 g/mol. The summed E-state index contributed by atoms with van der Waals surface area (Å²) in [6.45, 7) is 0. The number of rotatable bonds is 3. The number of ether oxygens (including phenoxy) is 1. The molecule has 11 heteroatoms. The first-order valence-corrected chi connectivity index (χ1v) is 7.28. The van der Waals surface area contributed by atoms with Crippen molar-refractivity contribution in [1.82, 2.24) is 5.32 Å². The van der Waals surface area contributed by atoms with Crippen molar-refractivity contribution in [3.05, 3.63) is 46.1 Å². The molecule has 1 heterocycles. The molecule has 132 valence electrons. The number of thioether (sulfide) groups is 1. The molecule has 1 aromatic rings. The number of carbonyl (C=O) groups excluding carboxylic acids is 2. The van der Waals surface area contributed by atoms with Gasteiger partial charge in [-0.05, 0) is 35.5 Å². The van der Waals surface area contributed by atoms with Gasteiger partial charge in [0.1, 0.15) is 5.82 Å². The van der Waals surface area contributed by atoms with Crippen LogP contribution in [-0.2, 0) is 20.5 Å². The SMILES string of the molecule is COC(=O)/C=C1/S/C(=N\N=Cc2cc(F)cc(C(F)(F)F)c2)NC1=O. The van der Waals surface area contributed by atoms with E-state index in [0.29, 0.717) is 12.1 Å². The van der Waals surface area contributed by atoms with E-state index in [1.165, 1.54) is 0 Å². The van der Waals surface area contributed by atoms with Gasteiger partial charge >= 0.3 is 12.1 Å². The number of nitrogens with one attached hydrogen (secondary N) is 1. The molecule has 1 amide bonds. The highest BCUT2D eigenvalue weighted by Gasteiger charge is 2.31. The van der Waals surface area contributed by atoms with Gasteiger partial charge in [0, 0.05) is 6.08 Å². The standard InChI is InChI=1S/C14H9F4N3O3S/c1-24-11(22)5-10-12(23)20-13(25-10)21-19-6-7-2-8(14(16,17)18)4-9(15)3-7/h2-6H,1H3,(H,20,21,23)/b10-5+,19-6?. The van der Waals surface area contributed by atoms with Crippen LogP contribution in [0.1, 0.15) is 11.1 Å². The minimum absolute atomic E-state index is 0.00357. The average molecular weight is 375 g/mol. The number of alkyl halides is 3. The smallest absolute Gasteiger partial charge is 0.416 e. The third-order valence-electron chi connectivity index (χ3n) is 2.70. The number of hydrogen-bond acceptors (Lipinski definition) is 6. The fourth-order valence-electron chi connectivity index (χ4n) is 1.64. The Morgan fingerprint density at radius 2 is 2.04 bits per heavy atom. The molecule has 1 fully saturated rings. The second kappa shape index (κ2) is 7.47. The lowest BCUT2D eigenvalue weighted by molar-refractivity contribution is -0.138. The van der Waals surface area contributed by atoms with Crippen molar-refractivity contribution >= 4 is 35.0 Å². The highest BCUT2D eigenvalue weighted by molar-refractivity contribution is 8.18. The van der Waals surface area contributed by atoms with Crippen LogP contribution >= 0.6 is 11.8 Å². The van der Waals surface area contributed by atoms with Crippen molar-refractivity contribution in [2.24, 2.45) is 10.2 Å². The number of amides is 1. The number of hydrogen-bond donors (Lipinski definition) is 1. The van der Waals surface area contributed by atoms with Crippen molar-refractivity contribution in [1.29, 1.82) is 0 Å². The maximum Gasteiger partial charge on any atom is 0.416 e. The molecule has 6 nitrogen and oxygen atoms in total. The lowest BCUT2D eigenvalue weighted by Gasteiger charge is -2.07. The largest absolute Gasteiger partial charge is 0.466 e. The molecule has 0 aliphatic carbocycles. The van der Waals surface area contributed by atoms with Crippen LogP contribution in [0.15, 0.2) is 39.4 Å². The number of halogens is 4. The summed E-state index contributed by atoms with van der Waals surface area (Å²) >= 11 is 0.790. The van der Waals surface area contributed by atoms with E-state index in [-0.39, 0.29) is 15.6 Å². The molecule has 0 atom stereocenters. The van der Waals surface area contributed by atoms with E-state index >= 15 is 0 Å². The first kappa shape index (κ1) is 18.6. The zero-order chi connectivity index (χ0) is 18.6. The number of carbonyl (C=O) groups is 2. The fraction of sp³-hybridized carbons (Fsp3) is 0.143. The summed E-state index contributed by atoms with van der Waals surface area (Å²) in [5.74, 6) is -2.41. The van der Waals surface area contributed by atoms with Gasteiger partial charge in [-0.25, -0.2) is 9.18 Å². The molecule has 1 N–H and O–H groups in total. The molecule has 1 aliphatic rings. The van der Waals surface area contributed by atoms with Gasteiger partial charge < -0.3 is 4.74 Å². The minimum Gasteiger partial charge on any atom is -0.466 e. The molecule has 0 saturated carbocycles. The van der Waals surface area contributed by atoms with Gasteiger partial charge in [0.15, 0.2) is 5.17 Å². The number of benzene rings is 1. The second-order valence-electron chi connectivity index (χ2n) is 4.51. The molecule has 25 heavy (non-hydrogen) atoms. The maximum atomic E-state index is 13.2. The lowest BCUT2D eigenvalue weighted by Crippen LogP contribution is -2.19. The zero-order valence-electron chi connectivity index (χ0n) is 12.4. The molecular weight excluding hydrogens is 366 g/mol. The maximum absolute atomic E-state index is 13.2. The molecule has 0 bridgehead atoms. The van der Waals surface area contributed by atoms with Crippen LogP contribution in [-0.4, -0.2) is 30.4 Å². The molecule has 1 saturated heterocycles. The van der Waals surface area contributed by atoms with Crippen LogP contribution in [0.3, 0.4) is 0 Å². The number of esters is 1. The van der Waals surface area contributed by atoms with Crippen LogP contribution in [0.2, 0.25) is 0 Å². The predicted molar refractivity (Wildman–Crippen MR) is 82.3 cm³/mol. The molecule has 2 rings (SSSR count). The Labute approximate surface area is 142 Å². The van der Waals surface area contributed by atoms with E-state index in [4.69, 9.17) is 0 Å². The third-order valence-corrected chi connectivity index (χ3v) is 3.60. The zero-order valence-corrected chi connectivity index (χ0v) is 13.2. The van der Waals surface area contributed by atoms with Crippen molar-refractivity contribution in [3.8, 4) is 0 Å². The molecule has 0 aromatic heterocycles. The lowest BCUT2D eigenvalue weighted by atomic mass is 10.1. The predicted octanol–water partition coefficient (Wildman–Crippen LogP) is 2.45. The Kier molecular flexibility index (Phi) is 5.57. The van der Waals surface area contributed by atoms with Crippen molar-refractivity contribution in [2.45, 2.75) is 6.18 Å². The summed E-state index contributed by atoms with van der Waals surface area (Å²) in [7, 11) is 1.14. The Hall–Kier alpha value is -2.69. The Bertz CT molecular complexity index is 803. The molecule has 0 radical (unpaired) electrons. The van der Waals surface area contributed by atoms with Crippen LogP contribution in [0.25, 0.3) is 0 Å². The number of amidine groups is 1. The van der Waals surface area contributed by atoms with Crippen molar-refractivity contribution in [3.63, 3.8) is 0 Å². The summed E-state index contributed by atoms with van der Waals surface area (Å²) in [5.41, 5.74) is -1.32. The molecule has 0 spiro atoms. The average Bonchev–Trinajstić information content (AvgIpc) is 2.85. The molecule has 1 aliphatic heterocycles. The van der Waals surface area contributed by atoms with Gasteiger partial charge in [0.2, 0.25) is 0 Å². The fourth-order valence-corrected chi connectivity index (χ4v) is 2.38. The topological polar surface area (TPSA) is 80.1 Å². The van der Waals surface area contributed by atoms with Crippen LogP contribution in [0, 0.1) is 5.82 Å². The van der Waals surface area contributed by atoms with Crippen molar-refractivity contribution < 1.29 is 31.9 Å². The van der Waals surface area contributed by atoms with E-state index in [0.717, 1.165) is 37.2 Å². The Balaban J connectivity index is 2.15. The second-order valence-corrected chi connectivity index (χ2v) is 5.54. The minimum atomic E-state index is -4.69. The summed E-state index contributed by atoms with van der Waals surface area (Å²) in [5, 5.41) is 9.40.